The van der Waals surface area contributed by atoms with Gasteiger partial charge in [0.2, 0.25) is 5.91 Å². The molecule has 0 bridgehead atoms. The predicted octanol–water partition coefficient (Wildman–Crippen LogP) is 0.823. The zero-order chi connectivity index (χ0) is 15.2. The summed E-state index contributed by atoms with van der Waals surface area (Å²) in [5.74, 6) is -1.77. The molecule has 1 amide bonds. The van der Waals surface area contributed by atoms with Gasteiger partial charge in [-0.15, -0.1) is 0 Å². The van der Waals surface area contributed by atoms with E-state index in [0.717, 1.165) is 31.3 Å². The molecular formula is C14H19F2N3O2. The standard InChI is InChI=1S/C14H19F2N3O2/c1-19(8-13-7-17-2-3-21-13)9-14(20)18-12-5-10(15)4-11(16)6-12/h4-6,13,17H,2-3,7-9H2,1H3,(H,18,20). The van der Waals surface area contributed by atoms with Gasteiger partial charge in [0.15, 0.2) is 0 Å². The van der Waals surface area contributed by atoms with Crippen LogP contribution in [0.3, 0.4) is 0 Å². The number of morpholine rings is 1. The number of carbonyl (C=O) groups excluding carboxylic acids is 1. The molecule has 1 saturated heterocycles. The fraction of sp³-hybridized carbons (Fsp3) is 0.500. The summed E-state index contributed by atoms with van der Waals surface area (Å²) in [5.41, 5.74) is 0.112. The maximum absolute atomic E-state index is 13.0. The SMILES string of the molecule is CN(CC(=O)Nc1cc(F)cc(F)c1)CC1CNCCO1. The first-order chi connectivity index (χ1) is 10.0. The average Bonchev–Trinajstić information content (AvgIpc) is 2.37. The Hall–Kier alpha value is -1.57. The van der Waals surface area contributed by atoms with Crippen LogP contribution in [0, 0.1) is 11.6 Å². The van der Waals surface area contributed by atoms with E-state index in [-0.39, 0.29) is 24.2 Å². The molecule has 1 aliphatic rings. The van der Waals surface area contributed by atoms with E-state index >= 15 is 0 Å². The Bertz CT molecular complexity index is 473. The van der Waals surface area contributed by atoms with Crippen molar-refractivity contribution < 1.29 is 18.3 Å². The minimum absolute atomic E-state index is 0.0446. The summed E-state index contributed by atoms with van der Waals surface area (Å²) in [6.45, 7) is 2.98. The van der Waals surface area contributed by atoms with E-state index in [0.29, 0.717) is 13.2 Å². The first-order valence-corrected chi connectivity index (χ1v) is 6.80. The number of nitrogens with zero attached hydrogens (tertiary/aromatic N) is 1. The van der Waals surface area contributed by atoms with Crippen LogP contribution in [-0.4, -0.2) is 56.7 Å². The Balaban J connectivity index is 1.80. The van der Waals surface area contributed by atoms with Gasteiger partial charge >= 0.3 is 0 Å². The van der Waals surface area contributed by atoms with Crippen LogP contribution in [0.15, 0.2) is 18.2 Å². The van der Waals surface area contributed by atoms with Crippen LogP contribution >= 0.6 is 0 Å². The maximum Gasteiger partial charge on any atom is 0.238 e. The molecule has 5 nitrogen and oxygen atoms in total. The van der Waals surface area contributed by atoms with Gasteiger partial charge in [-0.05, 0) is 19.2 Å². The largest absolute Gasteiger partial charge is 0.374 e. The summed E-state index contributed by atoms with van der Waals surface area (Å²) in [6.07, 6.45) is 0.0446. The molecule has 7 heteroatoms. The summed E-state index contributed by atoms with van der Waals surface area (Å²) in [6, 6.07) is 2.92. The van der Waals surface area contributed by atoms with E-state index in [9.17, 15) is 13.6 Å². The predicted molar refractivity (Wildman–Crippen MR) is 75.1 cm³/mol. The fourth-order valence-corrected chi connectivity index (χ4v) is 2.22. The highest BCUT2D eigenvalue weighted by Gasteiger charge is 2.17. The van der Waals surface area contributed by atoms with E-state index in [2.05, 4.69) is 10.6 Å². The van der Waals surface area contributed by atoms with Crippen LogP contribution in [0.5, 0.6) is 0 Å². The molecule has 0 radical (unpaired) electrons. The number of amides is 1. The summed E-state index contributed by atoms with van der Waals surface area (Å²) in [4.78, 5) is 13.6. The number of anilines is 1. The molecule has 0 saturated carbocycles. The summed E-state index contributed by atoms with van der Waals surface area (Å²) < 4.78 is 31.6. The second-order valence-corrected chi connectivity index (χ2v) is 5.10. The Labute approximate surface area is 122 Å². The van der Waals surface area contributed by atoms with E-state index in [1.54, 1.807) is 7.05 Å². The van der Waals surface area contributed by atoms with Gasteiger partial charge in [0.25, 0.3) is 0 Å². The molecular weight excluding hydrogens is 280 g/mol. The van der Waals surface area contributed by atoms with Crippen molar-refractivity contribution in [3.05, 3.63) is 29.8 Å². The van der Waals surface area contributed by atoms with Crippen molar-refractivity contribution in [1.29, 1.82) is 0 Å². The summed E-state index contributed by atoms with van der Waals surface area (Å²) in [7, 11) is 1.80. The van der Waals surface area contributed by atoms with Crippen molar-refractivity contribution in [2.45, 2.75) is 6.10 Å². The van der Waals surface area contributed by atoms with Crippen molar-refractivity contribution in [3.8, 4) is 0 Å². The molecule has 1 aliphatic heterocycles. The van der Waals surface area contributed by atoms with Crippen LogP contribution in [0.1, 0.15) is 0 Å². The number of halogens is 2. The van der Waals surface area contributed by atoms with Crippen LogP contribution in [0.4, 0.5) is 14.5 Å². The molecule has 1 fully saturated rings. The first-order valence-electron chi connectivity index (χ1n) is 6.80. The molecule has 0 spiro atoms. The van der Waals surface area contributed by atoms with E-state index in [1.807, 2.05) is 4.90 Å². The molecule has 1 aromatic rings. The van der Waals surface area contributed by atoms with Crippen molar-refractivity contribution in [2.75, 3.05) is 45.2 Å². The molecule has 116 valence electrons. The number of likely N-dealkylation sites (N-methyl/N-ethyl adjacent to an activating group) is 1. The molecule has 21 heavy (non-hydrogen) atoms. The third-order valence-corrected chi connectivity index (χ3v) is 3.08. The maximum atomic E-state index is 13.0. The highest BCUT2D eigenvalue weighted by Crippen LogP contribution is 2.12. The molecule has 1 aromatic carbocycles. The molecule has 2 N–H and O–H groups in total. The Morgan fingerprint density at radius 3 is 2.76 bits per heavy atom. The lowest BCUT2D eigenvalue weighted by atomic mass is 10.2. The number of benzene rings is 1. The number of ether oxygens (including phenoxy) is 1. The highest BCUT2D eigenvalue weighted by molar-refractivity contribution is 5.92. The summed E-state index contributed by atoms with van der Waals surface area (Å²) >= 11 is 0. The Morgan fingerprint density at radius 1 is 1.43 bits per heavy atom. The Kier molecular flexibility index (Phi) is 5.60. The van der Waals surface area contributed by atoms with Gasteiger partial charge in [0.05, 0.1) is 19.3 Å². The molecule has 1 atom stereocenters. The van der Waals surface area contributed by atoms with Gasteiger partial charge in [-0.25, -0.2) is 8.78 Å². The molecule has 1 unspecified atom stereocenters. The third-order valence-electron chi connectivity index (χ3n) is 3.08. The van der Waals surface area contributed by atoms with Crippen molar-refractivity contribution in [1.82, 2.24) is 10.2 Å². The quantitative estimate of drug-likeness (QED) is 0.845. The van der Waals surface area contributed by atoms with Gasteiger partial charge in [-0.3, -0.25) is 9.69 Å². The first kappa shape index (κ1) is 15.8. The second-order valence-electron chi connectivity index (χ2n) is 5.10. The van der Waals surface area contributed by atoms with Crippen LogP contribution in [-0.2, 0) is 9.53 Å². The van der Waals surface area contributed by atoms with Crippen molar-refractivity contribution in [2.24, 2.45) is 0 Å². The van der Waals surface area contributed by atoms with Crippen LogP contribution in [0.2, 0.25) is 0 Å². The number of hydrogen-bond donors (Lipinski definition) is 2. The smallest absolute Gasteiger partial charge is 0.238 e. The third kappa shape index (κ3) is 5.37. The van der Waals surface area contributed by atoms with Crippen LogP contribution < -0.4 is 10.6 Å². The zero-order valence-corrected chi connectivity index (χ0v) is 11.9. The number of hydrogen-bond acceptors (Lipinski definition) is 4. The van der Waals surface area contributed by atoms with Gasteiger partial charge in [0.1, 0.15) is 11.6 Å². The lowest BCUT2D eigenvalue weighted by Crippen LogP contribution is -2.45. The van der Waals surface area contributed by atoms with E-state index in [4.69, 9.17) is 4.74 Å². The number of carbonyl (C=O) groups is 1. The second kappa shape index (κ2) is 7.44. The van der Waals surface area contributed by atoms with Gasteiger partial charge in [-0.1, -0.05) is 0 Å². The van der Waals surface area contributed by atoms with Gasteiger partial charge in [0, 0.05) is 31.4 Å². The minimum Gasteiger partial charge on any atom is -0.374 e. The monoisotopic (exact) mass is 299 g/mol. The average molecular weight is 299 g/mol. The Morgan fingerprint density at radius 2 is 2.14 bits per heavy atom. The van der Waals surface area contributed by atoms with E-state index < -0.39 is 11.6 Å². The normalized spacial score (nSPS) is 18.8. The number of nitrogens with one attached hydrogen (secondary N) is 2. The van der Waals surface area contributed by atoms with Crippen LogP contribution in [0.25, 0.3) is 0 Å². The topological polar surface area (TPSA) is 53.6 Å². The zero-order valence-electron chi connectivity index (χ0n) is 11.9. The highest BCUT2D eigenvalue weighted by atomic mass is 19.1. The van der Waals surface area contributed by atoms with E-state index in [1.165, 1.54) is 0 Å². The van der Waals surface area contributed by atoms with Crippen molar-refractivity contribution in [3.63, 3.8) is 0 Å². The lowest BCUT2D eigenvalue weighted by molar-refractivity contribution is -0.117. The van der Waals surface area contributed by atoms with Gasteiger partial charge < -0.3 is 15.4 Å². The minimum atomic E-state index is -0.722. The fourth-order valence-electron chi connectivity index (χ4n) is 2.22. The molecule has 0 aromatic heterocycles. The van der Waals surface area contributed by atoms with Crippen molar-refractivity contribution >= 4 is 11.6 Å². The molecule has 2 rings (SSSR count). The number of rotatable bonds is 5. The van der Waals surface area contributed by atoms with Gasteiger partial charge in [-0.2, -0.15) is 0 Å². The summed E-state index contributed by atoms with van der Waals surface area (Å²) in [5, 5.41) is 5.68. The molecule has 0 aliphatic carbocycles. The lowest BCUT2D eigenvalue weighted by Gasteiger charge is -2.27. The molecule has 1 heterocycles.